The Morgan fingerprint density at radius 3 is 2.43 bits per heavy atom. The van der Waals surface area contributed by atoms with Crippen molar-refractivity contribution in [3.63, 3.8) is 0 Å². The third kappa shape index (κ3) is 5.84. The van der Waals surface area contributed by atoms with Gasteiger partial charge in [0, 0.05) is 18.3 Å². The smallest absolute Gasteiger partial charge is 0.255 e. The molecule has 0 saturated heterocycles. The number of nitrogens with one attached hydrogen (secondary N) is 1. The lowest BCUT2D eigenvalue weighted by Crippen LogP contribution is -2.39. The van der Waals surface area contributed by atoms with E-state index >= 15 is 0 Å². The number of rotatable bonds is 8. The van der Waals surface area contributed by atoms with Crippen molar-refractivity contribution in [3.8, 4) is 16.9 Å². The number of anilines is 1. The van der Waals surface area contributed by atoms with Gasteiger partial charge in [-0.15, -0.1) is 0 Å². The fraction of sp³-hybridized carbons (Fsp3) is 0.179. The largest absolute Gasteiger partial charge is 0.329 e. The van der Waals surface area contributed by atoms with Gasteiger partial charge in [-0.05, 0) is 49.1 Å². The van der Waals surface area contributed by atoms with Crippen molar-refractivity contribution >= 4 is 41.0 Å². The van der Waals surface area contributed by atoms with Gasteiger partial charge in [-0.2, -0.15) is 0 Å². The zero-order chi connectivity index (χ0) is 25.9. The van der Waals surface area contributed by atoms with E-state index in [4.69, 9.17) is 23.2 Å². The van der Waals surface area contributed by atoms with E-state index in [-0.39, 0.29) is 23.4 Å². The van der Waals surface area contributed by atoms with E-state index in [1.165, 1.54) is 17.0 Å². The minimum absolute atomic E-state index is 0.0503. The summed E-state index contributed by atoms with van der Waals surface area (Å²) in [6.45, 7) is 0.299. The van der Waals surface area contributed by atoms with Gasteiger partial charge in [0.05, 0.1) is 27.0 Å². The standard InChI is InChI=1S/C28H23Cl2FN4O2/c29-22-9-5-4-8-21(22)27(37)34(15-18-10-11-18)17-26(36)33-28-32-25(19-6-2-1-3-7-19)16-35(28)20-12-13-24(31)23(30)14-20/h1-9,12-14,16,18H,10-11,15,17H2,(H,32,33,36). The van der Waals surface area contributed by atoms with Gasteiger partial charge in [-0.1, -0.05) is 65.7 Å². The fourth-order valence-corrected chi connectivity index (χ4v) is 4.41. The predicted molar refractivity (Wildman–Crippen MR) is 143 cm³/mol. The Labute approximate surface area is 223 Å². The quantitative estimate of drug-likeness (QED) is 0.280. The number of amides is 2. The maximum absolute atomic E-state index is 13.8. The minimum atomic E-state index is -0.548. The van der Waals surface area contributed by atoms with Crippen LogP contribution in [0.5, 0.6) is 0 Å². The first kappa shape index (κ1) is 25.0. The number of halogens is 3. The van der Waals surface area contributed by atoms with Gasteiger partial charge >= 0.3 is 0 Å². The summed E-state index contributed by atoms with van der Waals surface area (Å²) in [5, 5.41) is 3.12. The van der Waals surface area contributed by atoms with Crippen molar-refractivity contribution in [2.24, 2.45) is 5.92 Å². The molecule has 0 atom stereocenters. The van der Waals surface area contributed by atoms with E-state index < -0.39 is 11.7 Å². The fourth-order valence-electron chi connectivity index (χ4n) is 4.02. The van der Waals surface area contributed by atoms with Crippen molar-refractivity contribution in [1.82, 2.24) is 14.5 Å². The molecule has 0 unspecified atom stereocenters. The van der Waals surface area contributed by atoms with Crippen molar-refractivity contribution < 1.29 is 14.0 Å². The number of carbonyl (C=O) groups is 2. The second kappa shape index (κ2) is 10.7. The second-order valence-electron chi connectivity index (χ2n) is 8.94. The Balaban J connectivity index is 1.43. The Bertz CT molecular complexity index is 1450. The van der Waals surface area contributed by atoms with Crippen LogP contribution >= 0.6 is 23.2 Å². The van der Waals surface area contributed by atoms with E-state index in [1.54, 1.807) is 41.1 Å². The highest BCUT2D eigenvalue weighted by molar-refractivity contribution is 6.33. The highest BCUT2D eigenvalue weighted by Crippen LogP contribution is 2.31. The van der Waals surface area contributed by atoms with Crippen LogP contribution in [0.1, 0.15) is 23.2 Å². The summed E-state index contributed by atoms with van der Waals surface area (Å²) in [5.74, 6) is -0.671. The maximum atomic E-state index is 13.8. The average Bonchev–Trinajstić information content (AvgIpc) is 3.62. The molecule has 0 radical (unpaired) electrons. The van der Waals surface area contributed by atoms with Crippen molar-refractivity contribution in [3.05, 3.63) is 100 Å². The number of hydrogen-bond donors (Lipinski definition) is 1. The van der Waals surface area contributed by atoms with Crippen molar-refractivity contribution in [2.45, 2.75) is 12.8 Å². The number of hydrogen-bond acceptors (Lipinski definition) is 3. The lowest BCUT2D eigenvalue weighted by Gasteiger charge is -2.22. The summed E-state index contributed by atoms with van der Waals surface area (Å²) in [7, 11) is 0. The Morgan fingerprint density at radius 1 is 1.00 bits per heavy atom. The van der Waals surface area contributed by atoms with Crippen LogP contribution in [0, 0.1) is 11.7 Å². The molecular weight excluding hydrogens is 514 g/mol. The highest BCUT2D eigenvalue weighted by atomic mass is 35.5. The summed E-state index contributed by atoms with van der Waals surface area (Å²) in [6.07, 6.45) is 3.78. The van der Waals surface area contributed by atoms with Crippen LogP contribution in [-0.4, -0.2) is 39.4 Å². The molecule has 1 heterocycles. The molecule has 9 heteroatoms. The van der Waals surface area contributed by atoms with Crippen LogP contribution in [-0.2, 0) is 4.79 Å². The Morgan fingerprint density at radius 2 is 1.73 bits per heavy atom. The molecule has 2 amide bonds. The number of benzene rings is 3. The summed E-state index contributed by atoms with van der Waals surface area (Å²) < 4.78 is 15.5. The van der Waals surface area contributed by atoms with Gasteiger partial charge in [-0.25, -0.2) is 9.37 Å². The van der Waals surface area contributed by atoms with E-state index in [9.17, 15) is 14.0 Å². The molecule has 0 bridgehead atoms. The van der Waals surface area contributed by atoms with Gasteiger partial charge in [-0.3, -0.25) is 19.5 Å². The molecule has 3 aromatic carbocycles. The normalized spacial score (nSPS) is 12.8. The zero-order valence-electron chi connectivity index (χ0n) is 19.7. The Kier molecular flexibility index (Phi) is 7.26. The van der Waals surface area contributed by atoms with E-state index in [0.717, 1.165) is 18.4 Å². The molecule has 1 aliphatic carbocycles. The molecule has 0 spiro atoms. The lowest BCUT2D eigenvalue weighted by atomic mass is 10.2. The summed E-state index contributed by atoms with van der Waals surface area (Å²) in [4.78, 5) is 32.6. The lowest BCUT2D eigenvalue weighted by molar-refractivity contribution is -0.117. The molecule has 1 fully saturated rings. The topological polar surface area (TPSA) is 67.2 Å². The van der Waals surface area contributed by atoms with Gasteiger partial charge in [0.2, 0.25) is 11.9 Å². The van der Waals surface area contributed by atoms with Crippen molar-refractivity contribution in [2.75, 3.05) is 18.4 Å². The predicted octanol–water partition coefficient (Wildman–Crippen LogP) is 6.48. The molecule has 37 heavy (non-hydrogen) atoms. The second-order valence-corrected chi connectivity index (χ2v) is 9.76. The van der Waals surface area contributed by atoms with Crippen LogP contribution in [0.15, 0.2) is 79.0 Å². The van der Waals surface area contributed by atoms with Crippen LogP contribution in [0.2, 0.25) is 10.0 Å². The number of aromatic nitrogens is 2. The third-order valence-electron chi connectivity index (χ3n) is 6.11. The molecular formula is C28H23Cl2FN4O2. The minimum Gasteiger partial charge on any atom is -0.329 e. The van der Waals surface area contributed by atoms with Gasteiger partial charge in [0.1, 0.15) is 12.4 Å². The molecule has 1 N–H and O–H groups in total. The SMILES string of the molecule is O=C(CN(CC1CC1)C(=O)c1ccccc1Cl)Nc1nc(-c2ccccc2)cn1-c1ccc(F)c(Cl)c1. The van der Waals surface area contributed by atoms with E-state index in [2.05, 4.69) is 10.3 Å². The molecule has 6 nitrogen and oxygen atoms in total. The molecule has 1 aromatic heterocycles. The first-order chi connectivity index (χ1) is 17.9. The van der Waals surface area contributed by atoms with E-state index in [1.807, 2.05) is 30.3 Å². The zero-order valence-corrected chi connectivity index (χ0v) is 21.2. The van der Waals surface area contributed by atoms with Crippen LogP contribution < -0.4 is 5.32 Å². The number of carbonyl (C=O) groups excluding carboxylic acids is 2. The van der Waals surface area contributed by atoms with Gasteiger partial charge in [0.15, 0.2) is 0 Å². The third-order valence-corrected chi connectivity index (χ3v) is 6.73. The monoisotopic (exact) mass is 536 g/mol. The first-order valence-corrected chi connectivity index (χ1v) is 12.6. The van der Waals surface area contributed by atoms with Gasteiger partial charge < -0.3 is 4.90 Å². The number of nitrogens with zero attached hydrogens (tertiary/aromatic N) is 3. The molecule has 5 rings (SSSR count). The average molecular weight is 537 g/mol. The highest BCUT2D eigenvalue weighted by Gasteiger charge is 2.29. The van der Waals surface area contributed by atoms with Crippen LogP contribution in [0.4, 0.5) is 10.3 Å². The molecule has 188 valence electrons. The number of imidazole rings is 1. The van der Waals surface area contributed by atoms with Crippen molar-refractivity contribution in [1.29, 1.82) is 0 Å². The molecule has 1 saturated carbocycles. The van der Waals surface area contributed by atoms with Gasteiger partial charge in [0.25, 0.3) is 5.91 Å². The van der Waals surface area contributed by atoms with Crippen LogP contribution in [0.3, 0.4) is 0 Å². The first-order valence-electron chi connectivity index (χ1n) is 11.8. The Hall–Kier alpha value is -3.68. The van der Waals surface area contributed by atoms with E-state index in [0.29, 0.717) is 34.4 Å². The van der Waals surface area contributed by atoms with Crippen LogP contribution in [0.25, 0.3) is 16.9 Å². The molecule has 0 aliphatic heterocycles. The summed E-state index contributed by atoms with van der Waals surface area (Å²) >= 11 is 12.3. The molecule has 1 aliphatic rings. The summed E-state index contributed by atoms with van der Waals surface area (Å²) in [6, 6.07) is 20.5. The maximum Gasteiger partial charge on any atom is 0.255 e. The summed E-state index contributed by atoms with van der Waals surface area (Å²) in [5.41, 5.74) is 2.33. The molecule has 4 aromatic rings.